The van der Waals surface area contributed by atoms with Crippen LogP contribution in [0.5, 0.6) is 0 Å². The summed E-state index contributed by atoms with van der Waals surface area (Å²) in [5.41, 5.74) is 2.71. The summed E-state index contributed by atoms with van der Waals surface area (Å²) in [7, 11) is 0. The molecule has 0 N–H and O–H groups in total. The Hall–Kier alpha value is -0.380. The van der Waals surface area contributed by atoms with E-state index in [-0.39, 0.29) is 0 Å². The van der Waals surface area contributed by atoms with Crippen molar-refractivity contribution in [2.24, 2.45) is 4.99 Å². The molecule has 1 aromatic carbocycles. The van der Waals surface area contributed by atoms with Gasteiger partial charge in [0.25, 0.3) is 0 Å². The Balaban J connectivity index is 0.000000336. The molecule has 0 bridgehead atoms. The minimum atomic E-state index is 0.955. The van der Waals surface area contributed by atoms with E-state index in [2.05, 4.69) is 51.8 Å². The van der Waals surface area contributed by atoms with Crippen LogP contribution in [0.1, 0.15) is 11.1 Å². The fourth-order valence-electron chi connectivity index (χ4n) is 1.24. The van der Waals surface area contributed by atoms with E-state index >= 15 is 0 Å². The first-order valence-electron chi connectivity index (χ1n) is 3.92. The lowest BCUT2D eigenvalue weighted by Gasteiger charge is -2.07. The summed E-state index contributed by atoms with van der Waals surface area (Å²) in [6.45, 7) is 0.955. The molecule has 2 rings (SSSR count). The highest BCUT2D eigenvalue weighted by molar-refractivity contribution is 14.1. The summed E-state index contributed by atoms with van der Waals surface area (Å²) >= 11 is 2.15. The molecule has 0 amide bonds. The second-order valence-corrected chi connectivity index (χ2v) is 2.48. The van der Waals surface area contributed by atoms with Gasteiger partial charge in [-0.2, -0.15) is 0 Å². The molecule has 0 atom stereocenters. The van der Waals surface area contributed by atoms with E-state index < -0.39 is 0 Å². The van der Waals surface area contributed by atoms with Crippen LogP contribution in [0.3, 0.4) is 0 Å². The van der Waals surface area contributed by atoms with Crippen molar-refractivity contribution < 1.29 is 0 Å². The summed E-state index contributed by atoms with van der Waals surface area (Å²) in [5.74, 6) is 0. The molecule has 64 valence electrons. The molecule has 1 heterocycles. The van der Waals surface area contributed by atoms with Gasteiger partial charge in [-0.3, -0.25) is 4.99 Å². The highest BCUT2D eigenvalue weighted by Crippen LogP contribution is 2.10. The van der Waals surface area contributed by atoms with E-state index in [1.54, 1.807) is 0 Å². The van der Waals surface area contributed by atoms with E-state index in [0.717, 1.165) is 13.0 Å². The molecule has 12 heavy (non-hydrogen) atoms. The van der Waals surface area contributed by atoms with Gasteiger partial charge in [0.05, 0.1) is 0 Å². The molecular formula is C10H12IN. The highest BCUT2D eigenvalue weighted by atomic mass is 127. The average Bonchev–Trinajstić information content (AvgIpc) is 2.21. The summed E-state index contributed by atoms with van der Waals surface area (Å²) in [5, 5.41) is 0. The van der Waals surface area contributed by atoms with Crippen molar-refractivity contribution >= 4 is 28.8 Å². The van der Waals surface area contributed by atoms with Crippen molar-refractivity contribution in [3.8, 4) is 0 Å². The maximum Gasteiger partial charge on any atom is 0.0430 e. The first kappa shape index (κ1) is 9.71. The van der Waals surface area contributed by atoms with Crippen LogP contribution in [0.15, 0.2) is 29.3 Å². The maximum absolute atomic E-state index is 4.19. The second kappa shape index (κ2) is 5.30. The monoisotopic (exact) mass is 273 g/mol. The molecule has 0 aliphatic carbocycles. The number of fused-ring (bicyclic) bond motifs is 1. The van der Waals surface area contributed by atoms with Crippen molar-refractivity contribution in [3.63, 3.8) is 0 Å². The van der Waals surface area contributed by atoms with Gasteiger partial charge in [0.15, 0.2) is 0 Å². The minimum Gasteiger partial charge on any atom is -0.292 e. The van der Waals surface area contributed by atoms with Crippen molar-refractivity contribution in [2.45, 2.75) is 6.42 Å². The number of hydrogen-bond acceptors (Lipinski definition) is 1. The van der Waals surface area contributed by atoms with Gasteiger partial charge in [-0.25, -0.2) is 0 Å². The zero-order chi connectivity index (χ0) is 8.81. The third-order valence-electron chi connectivity index (χ3n) is 1.80. The van der Waals surface area contributed by atoms with Crippen LogP contribution in [0.4, 0.5) is 0 Å². The van der Waals surface area contributed by atoms with E-state index in [0.29, 0.717) is 0 Å². The highest BCUT2D eigenvalue weighted by Gasteiger charge is 2.01. The topological polar surface area (TPSA) is 12.4 Å². The second-order valence-electron chi connectivity index (χ2n) is 2.48. The fourth-order valence-corrected chi connectivity index (χ4v) is 1.24. The number of benzene rings is 1. The lowest BCUT2D eigenvalue weighted by molar-refractivity contribution is 0.952. The zero-order valence-electron chi connectivity index (χ0n) is 7.13. The molecule has 0 aromatic heterocycles. The molecule has 0 saturated carbocycles. The predicted molar refractivity (Wildman–Crippen MR) is 62.6 cm³/mol. The molecular weight excluding hydrogens is 261 g/mol. The van der Waals surface area contributed by atoms with E-state index in [1.165, 1.54) is 11.1 Å². The van der Waals surface area contributed by atoms with E-state index in [9.17, 15) is 0 Å². The largest absolute Gasteiger partial charge is 0.292 e. The van der Waals surface area contributed by atoms with E-state index in [4.69, 9.17) is 0 Å². The van der Waals surface area contributed by atoms with Crippen molar-refractivity contribution in [3.05, 3.63) is 35.4 Å². The average molecular weight is 273 g/mol. The first-order chi connectivity index (χ1) is 5.97. The van der Waals surface area contributed by atoms with E-state index in [1.807, 2.05) is 11.1 Å². The third-order valence-corrected chi connectivity index (χ3v) is 1.80. The molecule has 1 nitrogen and oxygen atoms in total. The molecule has 1 aliphatic rings. The third kappa shape index (κ3) is 2.30. The lowest BCUT2D eigenvalue weighted by atomic mass is 10.0. The van der Waals surface area contributed by atoms with Gasteiger partial charge in [0.1, 0.15) is 0 Å². The Morgan fingerprint density at radius 3 is 2.75 bits per heavy atom. The molecule has 0 fully saturated rings. The zero-order valence-corrected chi connectivity index (χ0v) is 9.28. The number of alkyl halides is 1. The van der Waals surface area contributed by atoms with Gasteiger partial charge in [-0.1, -0.05) is 46.9 Å². The number of halogens is 1. The quantitative estimate of drug-likeness (QED) is 0.509. The van der Waals surface area contributed by atoms with Gasteiger partial charge in [0.2, 0.25) is 0 Å². The van der Waals surface area contributed by atoms with Gasteiger partial charge >= 0.3 is 0 Å². The van der Waals surface area contributed by atoms with Crippen LogP contribution in [0.2, 0.25) is 0 Å². The Morgan fingerprint density at radius 2 is 2.00 bits per heavy atom. The van der Waals surface area contributed by atoms with Crippen molar-refractivity contribution in [1.29, 1.82) is 0 Å². The summed E-state index contributed by atoms with van der Waals surface area (Å²) in [6, 6.07) is 8.41. The number of aliphatic imine (C=N–C) groups is 1. The Kier molecular flexibility index (Phi) is 4.29. The molecule has 0 radical (unpaired) electrons. The maximum atomic E-state index is 4.19. The van der Waals surface area contributed by atoms with Crippen LogP contribution in [-0.4, -0.2) is 17.7 Å². The Bertz CT molecular complexity index is 268. The molecule has 2 heteroatoms. The molecule has 0 unspecified atom stereocenters. The first-order valence-corrected chi connectivity index (χ1v) is 6.08. The molecule has 0 saturated heterocycles. The summed E-state index contributed by atoms with van der Waals surface area (Å²) in [4.78, 5) is 6.16. The minimum absolute atomic E-state index is 0.955. The van der Waals surface area contributed by atoms with Gasteiger partial charge in [0, 0.05) is 12.8 Å². The SMILES string of the molecule is C1=NCCc2ccccc21.CI. The summed E-state index contributed by atoms with van der Waals surface area (Å²) < 4.78 is 0. The normalized spacial score (nSPS) is 12.8. The Morgan fingerprint density at radius 1 is 1.25 bits per heavy atom. The lowest BCUT2D eigenvalue weighted by Crippen LogP contribution is -2.01. The van der Waals surface area contributed by atoms with Crippen molar-refractivity contribution in [1.82, 2.24) is 0 Å². The van der Waals surface area contributed by atoms with Crippen LogP contribution in [-0.2, 0) is 6.42 Å². The predicted octanol–water partition coefficient (Wildman–Crippen LogP) is 2.71. The van der Waals surface area contributed by atoms with Gasteiger partial charge in [-0.15, -0.1) is 0 Å². The summed E-state index contributed by atoms with van der Waals surface area (Å²) in [6.07, 6.45) is 3.06. The number of rotatable bonds is 0. The van der Waals surface area contributed by atoms with Crippen LogP contribution >= 0.6 is 22.6 Å². The van der Waals surface area contributed by atoms with Gasteiger partial charge in [-0.05, 0) is 22.5 Å². The van der Waals surface area contributed by atoms with Crippen LogP contribution in [0, 0.1) is 0 Å². The van der Waals surface area contributed by atoms with Crippen molar-refractivity contribution in [2.75, 3.05) is 11.5 Å². The fraction of sp³-hybridized carbons (Fsp3) is 0.300. The molecule has 1 aliphatic heterocycles. The van der Waals surface area contributed by atoms with Crippen LogP contribution in [0.25, 0.3) is 0 Å². The number of hydrogen-bond donors (Lipinski definition) is 0. The van der Waals surface area contributed by atoms with Gasteiger partial charge < -0.3 is 0 Å². The smallest absolute Gasteiger partial charge is 0.0430 e. The van der Waals surface area contributed by atoms with Crippen LogP contribution < -0.4 is 0 Å². The molecule has 1 aromatic rings. The standard InChI is InChI=1S/C9H9N.CH3I/c1-2-4-9-7-10-6-5-8(9)3-1;1-2/h1-4,7H,5-6H2;1H3. The Labute approximate surface area is 87.0 Å². The number of nitrogens with zero attached hydrogens (tertiary/aromatic N) is 1. The molecule has 0 spiro atoms.